The Labute approximate surface area is 80.2 Å². The van der Waals surface area contributed by atoms with Crippen molar-refractivity contribution in [3.05, 3.63) is 40.9 Å². The largest absolute Gasteiger partial charge is 0.241 e. The van der Waals surface area contributed by atoms with Gasteiger partial charge in [0.1, 0.15) is 11.0 Å². The molecule has 0 radical (unpaired) electrons. The number of hydrogen-bond donors (Lipinski definition) is 0. The van der Waals surface area contributed by atoms with E-state index < -0.39 is 0 Å². The van der Waals surface area contributed by atoms with Crippen LogP contribution < -0.4 is 0 Å². The summed E-state index contributed by atoms with van der Waals surface area (Å²) >= 11 is 5.74. The van der Waals surface area contributed by atoms with E-state index in [9.17, 15) is 4.39 Å². The van der Waals surface area contributed by atoms with E-state index in [1.165, 1.54) is 12.1 Å². The van der Waals surface area contributed by atoms with Crippen LogP contribution in [0.1, 0.15) is 5.69 Å². The van der Waals surface area contributed by atoms with E-state index in [4.69, 9.17) is 11.6 Å². The predicted octanol–water partition coefficient (Wildman–Crippen LogP) is 3.34. The third kappa shape index (κ3) is 1.49. The molecule has 0 saturated carbocycles. The van der Waals surface area contributed by atoms with Crippen molar-refractivity contribution in [1.29, 1.82) is 0 Å². The average Bonchev–Trinajstić information content (AvgIpc) is 2.02. The Kier molecular flexibility index (Phi) is 1.93. The Morgan fingerprint density at radius 3 is 2.85 bits per heavy atom. The van der Waals surface area contributed by atoms with E-state index >= 15 is 0 Å². The van der Waals surface area contributed by atoms with Gasteiger partial charge in [-0.25, -0.2) is 9.37 Å². The van der Waals surface area contributed by atoms with Crippen molar-refractivity contribution >= 4 is 22.4 Å². The highest BCUT2D eigenvalue weighted by Crippen LogP contribution is 2.21. The lowest BCUT2D eigenvalue weighted by Crippen LogP contribution is -1.85. The SMILES string of the molecule is Cc1nc(Cl)cc2cc(F)ccc12. The monoisotopic (exact) mass is 195 g/mol. The minimum atomic E-state index is -0.255. The van der Waals surface area contributed by atoms with Crippen molar-refractivity contribution in [3.63, 3.8) is 0 Å². The number of fused-ring (bicyclic) bond motifs is 1. The first-order chi connectivity index (χ1) is 6.16. The van der Waals surface area contributed by atoms with Gasteiger partial charge in [0.15, 0.2) is 0 Å². The fourth-order valence-electron chi connectivity index (χ4n) is 1.36. The summed E-state index contributed by atoms with van der Waals surface area (Å²) in [6.45, 7) is 1.85. The molecule has 3 heteroatoms. The number of halogens is 2. The van der Waals surface area contributed by atoms with Gasteiger partial charge in [0.25, 0.3) is 0 Å². The Hall–Kier alpha value is -1.15. The van der Waals surface area contributed by atoms with Crippen molar-refractivity contribution in [2.45, 2.75) is 6.92 Å². The van der Waals surface area contributed by atoms with E-state index in [1.54, 1.807) is 12.1 Å². The molecule has 0 aliphatic heterocycles. The molecule has 2 rings (SSSR count). The number of aromatic nitrogens is 1. The quantitative estimate of drug-likeness (QED) is 0.588. The van der Waals surface area contributed by atoms with Gasteiger partial charge < -0.3 is 0 Å². The van der Waals surface area contributed by atoms with Crippen molar-refractivity contribution in [2.75, 3.05) is 0 Å². The first kappa shape index (κ1) is 8.45. The second kappa shape index (κ2) is 2.96. The van der Waals surface area contributed by atoms with Crippen LogP contribution in [-0.2, 0) is 0 Å². The molecule has 0 aliphatic carbocycles. The molecule has 0 amide bonds. The van der Waals surface area contributed by atoms with Crippen LogP contribution >= 0.6 is 11.6 Å². The highest BCUT2D eigenvalue weighted by molar-refractivity contribution is 6.30. The maximum Gasteiger partial charge on any atom is 0.129 e. The summed E-state index contributed by atoms with van der Waals surface area (Å²) in [5.74, 6) is -0.255. The van der Waals surface area contributed by atoms with Crippen LogP contribution in [0.2, 0.25) is 5.15 Å². The number of rotatable bonds is 0. The van der Waals surface area contributed by atoms with Crippen LogP contribution in [0.15, 0.2) is 24.3 Å². The molecular weight excluding hydrogens is 189 g/mol. The van der Waals surface area contributed by atoms with Crippen LogP contribution in [0.5, 0.6) is 0 Å². The summed E-state index contributed by atoms with van der Waals surface area (Å²) < 4.78 is 12.8. The molecule has 0 N–H and O–H groups in total. The zero-order chi connectivity index (χ0) is 9.42. The molecule has 13 heavy (non-hydrogen) atoms. The molecule has 2 aromatic rings. The molecule has 1 aromatic heterocycles. The smallest absolute Gasteiger partial charge is 0.129 e. The molecule has 1 nitrogen and oxygen atoms in total. The van der Waals surface area contributed by atoms with Gasteiger partial charge in [0.2, 0.25) is 0 Å². The average molecular weight is 196 g/mol. The van der Waals surface area contributed by atoms with Crippen molar-refractivity contribution in [3.8, 4) is 0 Å². The Balaban J connectivity index is 2.86. The molecule has 1 aromatic carbocycles. The molecule has 0 aliphatic rings. The normalized spacial score (nSPS) is 10.7. The summed E-state index contributed by atoms with van der Waals surface area (Å²) in [6, 6.07) is 6.25. The van der Waals surface area contributed by atoms with Crippen LogP contribution in [-0.4, -0.2) is 4.98 Å². The second-order valence-electron chi connectivity index (χ2n) is 2.90. The Morgan fingerprint density at radius 2 is 2.08 bits per heavy atom. The van der Waals surface area contributed by atoms with Gasteiger partial charge in [-0.1, -0.05) is 11.6 Å². The van der Waals surface area contributed by atoms with Crippen molar-refractivity contribution in [2.24, 2.45) is 0 Å². The first-order valence-electron chi connectivity index (χ1n) is 3.89. The highest BCUT2D eigenvalue weighted by Gasteiger charge is 2.01. The third-order valence-corrected chi connectivity index (χ3v) is 2.15. The number of hydrogen-bond acceptors (Lipinski definition) is 1. The van der Waals surface area contributed by atoms with Gasteiger partial charge in [-0.15, -0.1) is 0 Å². The first-order valence-corrected chi connectivity index (χ1v) is 4.27. The van der Waals surface area contributed by atoms with Gasteiger partial charge in [0, 0.05) is 11.1 Å². The fourth-order valence-corrected chi connectivity index (χ4v) is 1.61. The molecule has 0 saturated heterocycles. The topological polar surface area (TPSA) is 12.9 Å². The molecular formula is C10H7ClFN. The Bertz CT molecular complexity index is 462. The maximum atomic E-state index is 12.8. The molecule has 0 atom stereocenters. The minimum absolute atomic E-state index is 0.255. The third-order valence-electron chi connectivity index (χ3n) is 1.95. The molecule has 1 heterocycles. The Morgan fingerprint density at radius 1 is 1.31 bits per heavy atom. The number of benzene rings is 1. The molecule has 0 bridgehead atoms. The van der Waals surface area contributed by atoms with Crippen LogP contribution in [0.3, 0.4) is 0 Å². The lowest BCUT2D eigenvalue weighted by atomic mass is 10.1. The van der Waals surface area contributed by atoms with Gasteiger partial charge in [-0.2, -0.15) is 0 Å². The fraction of sp³-hybridized carbons (Fsp3) is 0.100. The lowest BCUT2D eigenvalue weighted by Gasteiger charge is -2.01. The number of aryl methyl sites for hydroxylation is 1. The van der Waals surface area contributed by atoms with Crippen LogP contribution in [0.4, 0.5) is 4.39 Å². The van der Waals surface area contributed by atoms with E-state index in [0.29, 0.717) is 5.15 Å². The highest BCUT2D eigenvalue weighted by atomic mass is 35.5. The summed E-state index contributed by atoms with van der Waals surface area (Å²) in [6.07, 6.45) is 0. The zero-order valence-electron chi connectivity index (χ0n) is 7.01. The van der Waals surface area contributed by atoms with Gasteiger partial charge in [-0.3, -0.25) is 0 Å². The van der Waals surface area contributed by atoms with E-state index in [2.05, 4.69) is 4.98 Å². The molecule has 66 valence electrons. The van der Waals surface area contributed by atoms with Crippen molar-refractivity contribution < 1.29 is 4.39 Å². The van der Waals surface area contributed by atoms with Gasteiger partial charge in [0.05, 0.1) is 0 Å². The van der Waals surface area contributed by atoms with E-state index in [-0.39, 0.29) is 5.82 Å². The van der Waals surface area contributed by atoms with Crippen molar-refractivity contribution in [1.82, 2.24) is 4.98 Å². The van der Waals surface area contributed by atoms with Gasteiger partial charge >= 0.3 is 0 Å². The number of nitrogens with zero attached hydrogens (tertiary/aromatic N) is 1. The summed E-state index contributed by atoms with van der Waals surface area (Å²) in [5.41, 5.74) is 0.822. The molecule has 0 spiro atoms. The van der Waals surface area contributed by atoms with Crippen LogP contribution in [0.25, 0.3) is 10.8 Å². The molecule has 0 unspecified atom stereocenters. The minimum Gasteiger partial charge on any atom is -0.241 e. The summed E-state index contributed by atoms with van der Waals surface area (Å²) in [4.78, 5) is 4.07. The number of pyridine rings is 1. The predicted molar refractivity (Wildman–Crippen MR) is 51.4 cm³/mol. The lowest BCUT2D eigenvalue weighted by molar-refractivity contribution is 0.629. The molecule has 0 fully saturated rings. The van der Waals surface area contributed by atoms with Crippen LogP contribution in [0, 0.1) is 12.7 Å². The summed E-state index contributed by atoms with van der Waals surface area (Å²) in [5, 5.41) is 2.12. The standard InChI is InChI=1S/C10H7ClFN/c1-6-9-3-2-8(12)4-7(9)5-10(11)13-6/h2-5H,1H3. The second-order valence-corrected chi connectivity index (χ2v) is 3.28. The van der Waals surface area contributed by atoms with Gasteiger partial charge in [-0.05, 0) is 36.6 Å². The van der Waals surface area contributed by atoms with E-state index in [1.807, 2.05) is 6.92 Å². The maximum absolute atomic E-state index is 12.8. The zero-order valence-corrected chi connectivity index (χ0v) is 7.77. The van der Waals surface area contributed by atoms with E-state index in [0.717, 1.165) is 16.5 Å². The summed E-state index contributed by atoms with van der Waals surface area (Å²) in [7, 11) is 0.